The van der Waals surface area contributed by atoms with Crippen molar-refractivity contribution in [3.8, 4) is 0 Å². The lowest BCUT2D eigenvalue weighted by atomic mass is 9.67. The molecule has 2 aliphatic carbocycles. The number of carbonyl (C=O) groups excluding carboxylic acids is 1. The van der Waals surface area contributed by atoms with Gasteiger partial charge in [0.05, 0.1) is 16.6 Å². The van der Waals surface area contributed by atoms with Crippen LogP contribution in [0.25, 0.3) is 11.1 Å². The van der Waals surface area contributed by atoms with Crippen LogP contribution in [-0.4, -0.2) is 28.1 Å². The van der Waals surface area contributed by atoms with Crippen molar-refractivity contribution >= 4 is 29.4 Å². The molecular weight excluding hydrogens is 364 g/mol. The van der Waals surface area contributed by atoms with Crippen molar-refractivity contribution in [1.82, 2.24) is 15.5 Å². The van der Waals surface area contributed by atoms with Gasteiger partial charge in [0.15, 0.2) is 0 Å². The molecule has 2 heterocycles. The van der Waals surface area contributed by atoms with E-state index in [4.69, 9.17) is 10.3 Å². The number of aromatic nitrogens is 2. The van der Waals surface area contributed by atoms with Gasteiger partial charge in [0.25, 0.3) is 11.6 Å². The first-order valence-electron chi connectivity index (χ1n) is 9.65. The second kappa shape index (κ2) is 7.40. The summed E-state index contributed by atoms with van der Waals surface area (Å²) in [5.74, 6) is 0.940. The lowest BCUT2D eigenvalue weighted by molar-refractivity contribution is 0.0756. The zero-order valence-corrected chi connectivity index (χ0v) is 17.0. The fourth-order valence-corrected chi connectivity index (χ4v) is 4.76. The molecule has 0 aromatic carbocycles. The Balaban J connectivity index is 0.00000210. The molecule has 0 saturated heterocycles. The Hall–Kier alpha value is -1.66. The smallest absolute Gasteiger partial charge is 0.257 e. The maximum atomic E-state index is 12.9. The molecule has 148 valence electrons. The molecule has 1 amide bonds. The van der Waals surface area contributed by atoms with Crippen molar-refractivity contribution in [3.05, 3.63) is 23.5 Å². The van der Waals surface area contributed by atoms with E-state index in [1.807, 2.05) is 6.07 Å². The summed E-state index contributed by atoms with van der Waals surface area (Å²) in [6.45, 7) is 6.22. The molecular formula is C20H29ClN4O2. The average Bonchev–Trinajstić information content (AvgIpc) is 2.99. The monoisotopic (exact) mass is 392 g/mol. The van der Waals surface area contributed by atoms with Crippen LogP contribution >= 0.6 is 12.4 Å². The third-order valence-corrected chi connectivity index (χ3v) is 5.98. The fraction of sp³-hybridized carbons (Fsp3) is 0.650. The van der Waals surface area contributed by atoms with Crippen LogP contribution in [0.2, 0.25) is 0 Å². The summed E-state index contributed by atoms with van der Waals surface area (Å²) in [5, 5.41) is 8.26. The summed E-state index contributed by atoms with van der Waals surface area (Å²) in [4.78, 5) is 17.2. The van der Waals surface area contributed by atoms with Crippen LogP contribution in [0.15, 0.2) is 16.8 Å². The number of pyridine rings is 1. The molecule has 2 aromatic heterocycles. The van der Waals surface area contributed by atoms with Gasteiger partial charge in [0, 0.05) is 23.7 Å². The molecule has 2 aliphatic rings. The number of fused-ring (bicyclic) bond motifs is 3. The van der Waals surface area contributed by atoms with Crippen molar-refractivity contribution in [2.45, 2.75) is 70.4 Å². The van der Waals surface area contributed by atoms with Gasteiger partial charge >= 0.3 is 0 Å². The van der Waals surface area contributed by atoms with Gasteiger partial charge in [0.2, 0.25) is 0 Å². The van der Waals surface area contributed by atoms with Gasteiger partial charge in [-0.05, 0) is 43.6 Å². The summed E-state index contributed by atoms with van der Waals surface area (Å²) in [7, 11) is 0. The zero-order valence-electron chi connectivity index (χ0n) is 16.2. The van der Waals surface area contributed by atoms with Crippen LogP contribution in [0.4, 0.5) is 0 Å². The summed E-state index contributed by atoms with van der Waals surface area (Å²) in [5.41, 5.74) is 7.90. The molecule has 0 aliphatic heterocycles. The van der Waals surface area contributed by atoms with E-state index in [1.54, 1.807) is 6.20 Å². The molecule has 27 heavy (non-hydrogen) atoms. The maximum Gasteiger partial charge on any atom is 0.257 e. The molecule has 0 spiro atoms. The van der Waals surface area contributed by atoms with Gasteiger partial charge in [-0.2, -0.15) is 0 Å². The number of hydrogen-bond donors (Lipinski definition) is 2. The van der Waals surface area contributed by atoms with Crippen LogP contribution in [0.1, 0.15) is 68.9 Å². The van der Waals surface area contributed by atoms with Gasteiger partial charge in [-0.3, -0.25) is 4.79 Å². The number of amides is 1. The third kappa shape index (κ3) is 3.83. The van der Waals surface area contributed by atoms with E-state index in [1.165, 1.54) is 6.42 Å². The summed E-state index contributed by atoms with van der Waals surface area (Å²) >= 11 is 0. The van der Waals surface area contributed by atoms with Crippen molar-refractivity contribution in [3.63, 3.8) is 0 Å². The van der Waals surface area contributed by atoms with Crippen LogP contribution in [0.3, 0.4) is 0 Å². The van der Waals surface area contributed by atoms with Gasteiger partial charge in [-0.25, -0.2) is 4.98 Å². The molecule has 2 bridgehead atoms. The van der Waals surface area contributed by atoms with E-state index in [9.17, 15) is 4.79 Å². The molecule has 4 rings (SSSR count). The second-order valence-electron chi connectivity index (χ2n) is 9.04. The number of nitrogens with zero attached hydrogens (tertiary/aromatic N) is 2. The average molecular weight is 393 g/mol. The van der Waals surface area contributed by atoms with Crippen molar-refractivity contribution in [2.75, 3.05) is 0 Å². The molecule has 2 aromatic rings. The first-order valence-corrected chi connectivity index (χ1v) is 9.65. The molecule has 2 unspecified atom stereocenters. The standard InChI is InChI=1S/C20H28N4O2.ClH/c1-20(2,3)17-15-9-13(10-22-19(15)26-24-17)18(25)23-16-11-5-4-6-12(16)8-14(21)7-11;/h9-12,14,16H,4-8,21H2,1-3H3,(H,23,25);1H. The topological polar surface area (TPSA) is 94.0 Å². The van der Waals surface area contributed by atoms with Gasteiger partial charge in [-0.15, -0.1) is 12.4 Å². The zero-order chi connectivity index (χ0) is 18.5. The Kier molecular flexibility index (Phi) is 5.50. The molecule has 7 heteroatoms. The van der Waals surface area contributed by atoms with Crippen LogP contribution in [-0.2, 0) is 5.41 Å². The molecule has 0 radical (unpaired) electrons. The number of hydrogen-bond acceptors (Lipinski definition) is 5. The number of nitrogens with one attached hydrogen (secondary N) is 1. The minimum atomic E-state index is -0.168. The highest BCUT2D eigenvalue weighted by molar-refractivity contribution is 5.97. The maximum absolute atomic E-state index is 12.9. The van der Waals surface area contributed by atoms with E-state index in [0.717, 1.165) is 36.8 Å². The summed E-state index contributed by atoms with van der Waals surface area (Å²) < 4.78 is 5.33. The highest BCUT2D eigenvalue weighted by Gasteiger charge is 2.40. The van der Waals surface area contributed by atoms with Gasteiger partial charge in [-0.1, -0.05) is 32.3 Å². The van der Waals surface area contributed by atoms with Crippen LogP contribution in [0.5, 0.6) is 0 Å². The molecule has 6 nitrogen and oxygen atoms in total. The minimum absolute atomic E-state index is 0. The Labute approximate surface area is 166 Å². The Morgan fingerprint density at radius 3 is 2.56 bits per heavy atom. The molecule has 2 fully saturated rings. The summed E-state index contributed by atoms with van der Waals surface area (Å²) in [6, 6.07) is 2.37. The van der Waals surface area contributed by atoms with Crippen LogP contribution in [0, 0.1) is 11.8 Å². The molecule has 2 atom stereocenters. The quantitative estimate of drug-likeness (QED) is 0.814. The Morgan fingerprint density at radius 1 is 1.26 bits per heavy atom. The van der Waals surface area contributed by atoms with E-state index < -0.39 is 0 Å². The Bertz CT molecular complexity index is 815. The van der Waals surface area contributed by atoms with Crippen LogP contribution < -0.4 is 11.1 Å². The minimum Gasteiger partial charge on any atom is -0.349 e. The largest absolute Gasteiger partial charge is 0.349 e. The van der Waals surface area contributed by atoms with E-state index in [-0.39, 0.29) is 35.8 Å². The van der Waals surface area contributed by atoms with Crippen molar-refractivity contribution in [2.24, 2.45) is 17.6 Å². The number of halogens is 1. The predicted molar refractivity (Wildman–Crippen MR) is 107 cm³/mol. The van der Waals surface area contributed by atoms with E-state index in [0.29, 0.717) is 23.1 Å². The summed E-state index contributed by atoms with van der Waals surface area (Å²) in [6.07, 6.45) is 7.17. The number of rotatable bonds is 2. The second-order valence-corrected chi connectivity index (χ2v) is 9.04. The van der Waals surface area contributed by atoms with E-state index in [2.05, 4.69) is 36.2 Å². The third-order valence-electron chi connectivity index (χ3n) is 5.98. The first kappa shape index (κ1) is 20.1. The SMILES string of the molecule is CC(C)(C)c1noc2ncc(C(=O)NC3C4CCCC3CC(N)C4)cc12.Cl. The highest BCUT2D eigenvalue weighted by Crippen LogP contribution is 2.39. The normalized spacial score (nSPS) is 27.9. The lowest BCUT2D eigenvalue weighted by Gasteiger charge is -2.45. The highest BCUT2D eigenvalue weighted by atomic mass is 35.5. The van der Waals surface area contributed by atoms with Crippen molar-refractivity contribution in [1.29, 1.82) is 0 Å². The molecule has 3 N–H and O–H groups in total. The Morgan fingerprint density at radius 2 is 1.93 bits per heavy atom. The fourth-order valence-electron chi connectivity index (χ4n) is 4.76. The van der Waals surface area contributed by atoms with E-state index >= 15 is 0 Å². The predicted octanol–water partition coefficient (Wildman–Crippen LogP) is 3.58. The molecule has 2 saturated carbocycles. The van der Waals surface area contributed by atoms with Gasteiger partial charge in [0.1, 0.15) is 0 Å². The lowest BCUT2D eigenvalue weighted by Crippen LogP contribution is -2.53. The first-order chi connectivity index (χ1) is 12.3. The van der Waals surface area contributed by atoms with Crippen molar-refractivity contribution < 1.29 is 9.32 Å². The number of nitrogens with two attached hydrogens (primary N) is 1. The van der Waals surface area contributed by atoms with Gasteiger partial charge < -0.3 is 15.6 Å². The number of carbonyl (C=O) groups is 1.